The molecule has 0 aliphatic rings. The Morgan fingerprint density at radius 2 is 1.63 bits per heavy atom. The lowest BCUT2D eigenvalue weighted by Crippen LogP contribution is -2.30. The van der Waals surface area contributed by atoms with Crippen LogP contribution < -0.4 is 5.32 Å². The number of anilines is 1. The predicted octanol–water partition coefficient (Wildman–Crippen LogP) is 4.40. The van der Waals surface area contributed by atoms with E-state index in [4.69, 9.17) is 0 Å². The third kappa shape index (κ3) is 4.76. The summed E-state index contributed by atoms with van der Waals surface area (Å²) in [6.07, 6.45) is 0. The monoisotopic (exact) mass is 388 g/mol. The molecule has 0 aliphatic heterocycles. The highest BCUT2D eigenvalue weighted by Gasteiger charge is 2.22. The van der Waals surface area contributed by atoms with Crippen molar-refractivity contribution in [1.82, 2.24) is 4.31 Å². The average Bonchev–Trinajstić information content (AvgIpc) is 2.64. The number of benzene rings is 2. The molecule has 0 atom stereocenters. The van der Waals surface area contributed by atoms with Crippen LogP contribution in [-0.2, 0) is 10.0 Å². The summed E-state index contributed by atoms with van der Waals surface area (Å²) < 4.78 is 26.9. The second-order valence-electron chi connectivity index (χ2n) is 6.80. The zero-order valence-electron chi connectivity index (χ0n) is 16.6. The standard InChI is InChI=1S/C21H28N2O3S/c1-6-23(7-2)27(25,26)19-13-8-16(5)20(14-19)22-21(24)18-11-9-17(10-12-18)15(3)4/h8-15H,6-7H2,1-5H3,(H,22,24). The molecule has 0 saturated carbocycles. The first-order valence-corrected chi connectivity index (χ1v) is 10.7. The Morgan fingerprint density at radius 1 is 1.04 bits per heavy atom. The second-order valence-corrected chi connectivity index (χ2v) is 8.73. The molecule has 0 radical (unpaired) electrons. The molecule has 27 heavy (non-hydrogen) atoms. The van der Waals surface area contributed by atoms with Crippen molar-refractivity contribution >= 4 is 21.6 Å². The van der Waals surface area contributed by atoms with Gasteiger partial charge in [-0.25, -0.2) is 8.42 Å². The van der Waals surface area contributed by atoms with Crippen LogP contribution >= 0.6 is 0 Å². The summed E-state index contributed by atoms with van der Waals surface area (Å²) in [5.74, 6) is 0.136. The maximum atomic E-state index is 12.7. The van der Waals surface area contributed by atoms with E-state index in [1.54, 1.807) is 38.1 Å². The van der Waals surface area contributed by atoms with E-state index in [-0.39, 0.29) is 10.8 Å². The van der Waals surface area contributed by atoms with Gasteiger partial charge in [0.1, 0.15) is 0 Å². The summed E-state index contributed by atoms with van der Waals surface area (Å²) in [7, 11) is -3.57. The van der Waals surface area contributed by atoms with Gasteiger partial charge in [-0.1, -0.05) is 45.9 Å². The number of aryl methyl sites for hydroxylation is 1. The predicted molar refractivity (Wildman–Crippen MR) is 110 cm³/mol. The molecule has 1 amide bonds. The van der Waals surface area contributed by atoms with Crippen molar-refractivity contribution in [2.75, 3.05) is 18.4 Å². The van der Waals surface area contributed by atoms with Crippen molar-refractivity contribution in [2.45, 2.75) is 45.4 Å². The molecule has 6 heteroatoms. The van der Waals surface area contributed by atoms with Gasteiger partial charge in [-0.15, -0.1) is 0 Å². The molecule has 0 aliphatic carbocycles. The van der Waals surface area contributed by atoms with Gasteiger partial charge in [0, 0.05) is 24.3 Å². The lowest BCUT2D eigenvalue weighted by atomic mass is 10.0. The number of rotatable bonds is 7. The normalized spacial score (nSPS) is 11.8. The smallest absolute Gasteiger partial charge is 0.255 e. The molecule has 2 aromatic rings. The molecule has 1 N–H and O–H groups in total. The van der Waals surface area contributed by atoms with E-state index < -0.39 is 10.0 Å². The fraction of sp³-hybridized carbons (Fsp3) is 0.381. The van der Waals surface area contributed by atoms with Gasteiger partial charge in [-0.05, 0) is 48.2 Å². The zero-order chi connectivity index (χ0) is 20.2. The van der Waals surface area contributed by atoms with Crippen LogP contribution in [0.15, 0.2) is 47.4 Å². The van der Waals surface area contributed by atoms with Crippen LogP contribution in [0.1, 0.15) is 55.1 Å². The first-order chi connectivity index (χ1) is 12.7. The van der Waals surface area contributed by atoms with E-state index in [1.807, 2.05) is 19.1 Å². The van der Waals surface area contributed by atoms with E-state index in [9.17, 15) is 13.2 Å². The zero-order valence-corrected chi connectivity index (χ0v) is 17.4. The molecule has 0 fully saturated rings. The van der Waals surface area contributed by atoms with Gasteiger partial charge in [-0.2, -0.15) is 4.31 Å². The van der Waals surface area contributed by atoms with Crippen LogP contribution in [0.3, 0.4) is 0 Å². The van der Waals surface area contributed by atoms with E-state index in [2.05, 4.69) is 19.2 Å². The maximum Gasteiger partial charge on any atom is 0.255 e. The number of hydrogen-bond acceptors (Lipinski definition) is 3. The van der Waals surface area contributed by atoms with E-state index in [1.165, 1.54) is 10.4 Å². The van der Waals surface area contributed by atoms with Crippen LogP contribution in [0.25, 0.3) is 0 Å². The highest BCUT2D eigenvalue weighted by molar-refractivity contribution is 7.89. The van der Waals surface area contributed by atoms with Crippen molar-refractivity contribution in [2.24, 2.45) is 0 Å². The van der Waals surface area contributed by atoms with Crippen molar-refractivity contribution in [3.63, 3.8) is 0 Å². The van der Waals surface area contributed by atoms with Crippen LogP contribution in [0.4, 0.5) is 5.69 Å². The number of hydrogen-bond donors (Lipinski definition) is 1. The summed E-state index contributed by atoms with van der Waals surface area (Å²) >= 11 is 0. The molecule has 0 saturated heterocycles. The van der Waals surface area contributed by atoms with Crippen LogP contribution in [0, 0.1) is 6.92 Å². The minimum absolute atomic E-state index is 0.183. The Kier molecular flexibility index (Phi) is 6.78. The van der Waals surface area contributed by atoms with Gasteiger partial charge < -0.3 is 5.32 Å². The van der Waals surface area contributed by atoms with Gasteiger partial charge in [0.2, 0.25) is 10.0 Å². The highest BCUT2D eigenvalue weighted by Crippen LogP contribution is 2.24. The largest absolute Gasteiger partial charge is 0.322 e. The van der Waals surface area contributed by atoms with Gasteiger partial charge in [0.25, 0.3) is 5.91 Å². The quantitative estimate of drug-likeness (QED) is 0.764. The summed E-state index contributed by atoms with van der Waals surface area (Å²) in [5.41, 5.74) is 3.01. The van der Waals surface area contributed by atoms with Gasteiger partial charge in [0.15, 0.2) is 0 Å². The fourth-order valence-electron chi connectivity index (χ4n) is 2.82. The molecule has 0 heterocycles. The lowest BCUT2D eigenvalue weighted by Gasteiger charge is -2.19. The number of nitrogens with one attached hydrogen (secondary N) is 1. The Labute approximate surface area is 162 Å². The SMILES string of the molecule is CCN(CC)S(=O)(=O)c1ccc(C)c(NC(=O)c2ccc(C(C)C)cc2)c1. The van der Waals surface area contributed by atoms with Crippen LogP contribution in [-0.4, -0.2) is 31.7 Å². The molecule has 0 aromatic heterocycles. The van der Waals surface area contributed by atoms with E-state index >= 15 is 0 Å². The van der Waals surface area contributed by atoms with Crippen molar-refractivity contribution in [1.29, 1.82) is 0 Å². The number of amides is 1. The minimum atomic E-state index is -3.57. The number of sulfonamides is 1. The number of nitrogens with zero attached hydrogens (tertiary/aromatic N) is 1. The maximum absolute atomic E-state index is 12.7. The molecule has 2 rings (SSSR count). The molecule has 146 valence electrons. The van der Waals surface area contributed by atoms with Gasteiger partial charge in [-0.3, -0.25) is 4.79 Å². The van der Waals surface area contributed by atoms with E-state index in [0.717, 1.165) is 11.1 Å². The summed E-state index contributed by atoms with van der Waals surface area (Å²) in [4.78, 5) is 12.8. The van der Waals surface area contributed by atoms with Gasteiger partial charge >= 0.3 is 0 Å². The Balaban J connectivity index is 2.30. The summed E-state index contributed by atoms with van der Waals surface area (Å²) in [6.45, 7) is 10.4. The van der Waals surface area contributed by atoms with Crippen molar-refractivity contribution < 1.29 is 13.2 Å². The average molecular weight is 389 g/mol. The van der Waals surface area contributed by atoms with Crippen LogP contribution in [0.5, 0.6) is 0 Å². The number of carbonyl (C=O) groups excluding carboxylic acids is 1. The fourth-order valence-corrected chi connectivity index (χ4v) is 4.31. The third-order valence-corrected chi connectivity index (χ3v) is 6.69. The third-order valence-electron chi connectivity index (χ3n) is 4.64. The first-order valence-electron chi connectivity index (χ1n) is 9.22. The topological polar surface area (TPSA) is 66.5 Å². The molecule has 0 unspecified atom stereocenters. The second kappa shape index (κ2) is 8.67. The molecular formula is C21H28N2O3S. The molecule has 0 bridgehead atoms. The lowest BCUT2D eigenvalue weighted by molar-refractivity contribution is 0.102. The van der Waals surface area contributed by atoms with Gasteiger partial charge in [0.05, 0.1) is 4.90 Å². The summed E-state index contributed by atoms with van der Waals surface area (Å²) in [6, 6.07) is 12.3. The highest BCUT2D eigenvalue weighted by atomic mass is 32.2. The first kappa shape index (κ1) is 21.1. The molecule has 5 nitrogen and oxygen atoms in total. The Bertz CT molecular complexity index is 900. The van der Waals surface area contributed by atoms with E-state index in [0.29, 0.717) is 30.3 Å². The Hall–Kier alpha value is -2.18. The van der Waals surface area contributed by atoms with Crippen molar-refractivity contribution in [3.05, 3.63) is 59.2 Å². The number of carbonyl (C=O) groups is 1. The molecule has 2 aromatic carbocycles. The minimum Gasteiger partial charge on any atom is -0.322 e. The molecular weight excluding hydrogens is 360 g/mol. The molecule has 0 spiro atoms. The Morgan fingerprint density at radius 3 is 2.15 bits per heavy atom. The summed E-state index contributed by atoms with van der Waals surface area (Å²) in [5, 5.41) is 2.84. The van der Waals surface area contributed by atoms with Crippen molar-refractivity contribution in [3.8, 4) is 0 Å². The van der Waals surface area contributed by atoms with Crippen LogP contribution in [0.2, 0.25) is 0 Å².